The monoisotopic (exact) mass is 330 g/mol. The number of carbonyl (C=O) groups is 2. The predicted octanol–water partition coefficient (Wildman–Crippen LogP) is 2.33. The van der Waals surface area contributed by atoms with Crippen LogP contribution in [0.1, 0.15) is 24.1 Å². The molecule has 0 aliphatic heterocycles. The zero-order valence-electron chi connectivity index (χ0n) is 13.5. The van der Waals surface area contributed by atoms with E-state index in [1.165, 1.54) is 6.07 Å². The first kappa shape index (κ1) is 17.5. The Labute approximate surface area is 139 Å². The van der Waals surface area contributed by atoms with E-state index in [0.717, 1.165) is 5.56 Å². The Morgan fingerprint density at radius 3 is 2.38 bits per heavy atom. The van der Waals surface area contributed by atoms with Crippen molar-refractivity contribution in [2.24, 2.45) is 0 Å². The molecule has 6 heteroatoms. The minimum atomic E-state index is -0.807. The molecule has 0 aliphatic carbocycles. The fourth-order valence-corrected chi connectivity index (χ4v) is 2.14. The van der Waals surface area contributed by atoms with E-state index in [0.29, 0.717) is 11.3 Å². The second-order valence-corrected chi connectivity index (χ2v) is 5.24. The average Bonchev–Trinajstić information content (AvgIpc) is 2.60. The first-order valence-electron chi connectivity index (χ1n) is 7.47. The van der Waals surface area contributed by atoms with Crippen LogP contribution in [0.3, 0.4) is 0 Å². The molecule has 24 heavy (non-hydrogen) atoms. The van der Waals surface area contributed by atoms with Crippen LogP contribution < -0.4 is 15.4 Å². The van der Waals surface area contributed by atoms with E-state index in [-0.39, 0.29) is 12.6 Å². The minimum absolute atomic E-state index is 0.0458. The number of methoxy groups -OCH3 is 1. The number of benzene rings is 2. The number of carbonyl (C=O) groups excluding carboxylic acids is 2. The average molecular weight is 330 g/mol. The van der Waals surface area contributed by atoms with Crippen LogP contribution in [0, 0.1) is 5.82 Å². The molecule has 126 valence electrons. The van der Waals surface area contributed by atoms with Crippen LogP contribution in [0.4, 0.5) is 4.39 Å². The largest absolute Gasteiger partial charge is 0.497 e. The molecule has 2 aromatic rings. The summed E-state index contributed by atoms with van der Waals surface area (Å²) in [5, 5.41) is 5.00. The third kappa shape index (κ3) is 4.55. The number of rotatable bonds is 5. The molecule has 0 aromatic heterocycles. The van der Waals surface area contributed by atoms with Crippen molar-refractivity contribution in [1.82, 2.24) is 10.6 Å². The molecule has 5 nitrogen and oxygen atoms in total. The maximum Gasteiger partial charge on any atom is 0.309 e. The van der Waals surface area contributed by atoms with Gasteiger partial charge in [0.25, 0.3) is 0 Å². The molecule has 1 unspecified atom stereocenters. The predicted molar refractivity (Wildman–Crippen MR) is 87.8 cm³/mol. The molecule has 1 atom stereocenters. The minimum Gasteiger partial charge on any atom is -0.497 e. The van der Waals surface area contributed by atoms with Gasteiger partial charge in [-0.15, -0.1) is 0 Å². The van der Waals surface area contributed by atoms with Crippen LogP contribution in [0.15, 0.2) is 48.5 Å². The van der Waals surface area contributed by atoms with E-state index in [9.17, 15) is 14.0 Å². The van der Waals surface area contributed by atoms with Crippen molar-refractivity contribution in [2.75, 3.05) is 7.11 Å². The van der Waals surface area contributed by atoms with Crippen LogP contribution in [-0.2, 0) is 16.1 Å². The summed E-state index contributed by atoms with van der Waals surface area (Å²) < 4.78 is 18.5. The fourth-order valence-electron chi connectivity index (χ4n) is 2.14. The van der Waals surface area contributed by atoms with Gasteiger partial charge in [0.15, 0.2) is 0 Å². The topological polar surface area (TPSA) is 67.4 Å². The molecule has 0 bridgehead atoms. The van der Waals surface area contributed by atoms with Crippen molar-refractivity contribution < 1.29 is 18.7 Å². The second-order valence-electron chi connectivity index (χ2n) is 5.24. The molecular weight excluding hydrogens is 311 g/mol. The third-order valence-electron chi connectivity index (χ3n) is 3.57. The second kappa shape index (κ2) is 8.10. The van der Waals surface area contributed by atoms with Crippen molar-refractivity contribution in [3.05, 3.63) is 65.5 Å². The SMILES string of the molecule is COc1ccc(C(C)NC(=O)C(=O)NCc2ccccc2F)cc1. The summed E-state index contributed by atoms with van der Waals surface area (Å²) in [6.45, 7) is 1.72. The maximum absolute atomic E-state index is 13.5. The maximum atomic E-state index is 13.5. The number of nitrogens with one attached hydrogen (secondary N) is 2. The summed E-state index contributed by atoms with van der Waals surface area (Å²) >= 11 is 0. The standard InChI is InChI=1S/C18H19FN2O3/c1-12(13-7-9-15(24-2)10-8-13)21-18(23)17(22)20-11-14-5-3-4-6-16(14)19/h3-10,12H,11H2,1-2H3,(H,20,22)(H,21,23). The zero-order chi connectivity index (χ0) is 17.5. The van der Waals surface area contributed by atoms with E-state index in [1.807, 2.05) is 0 Å². The summed E-state index contributed by atoms with van der Waals surface area (Å²) in [5.41, 5.74) is 1.16. The van der Waals surface area contributed by atoms with Crippen LogP contribution in [0.5, 0.6) is 5.75 Å². The highest BCUT2D eigenvalue weighted by Gasteiger charge is 2.17. The van der Waals surface area contributed by atoms with Gasteiger partial charge >= 0.3 is 11.8 Å². The van der Waals surface area contributed by atoms with Gasteiger partial charge in [-0.05, 0) is 30.7 Å². The lowest BCUT2D eigenvalue weighted by molar-refractivity contribution is -0.139. The van der Waals surface area contributed by atoms with E-state index in [4.69, 9.17) is 4.74 Å². The van der Waals surface area contributed by atoms with Gasteiger partial charge in [-0.25, -0.2) is 4.39 Å². The molecule has 0 fully saturated rings. The van der Waals surface area contributed by atoms with Crippen molar-refractivity contribution in [2.45, 2.75) is 19.5 Å². The summed E-state index contributed by atoms with van der Waals surface area (Å²) in [5.74, 6) is -1.29. The summed E-state index contributed by atoms with van der Waals surface area (Å²) in [7, 11) is 1.57. The van der Waals surface area contributed by atoms with Gasteiger partial charge in [-0.3, -0.25) is 9.59 Å². The van der Waals surface area contributed by atoms with Crippen LogP contribution >= 0.6 is 0 Å². The Kier molecular flexibility index (Phi) is 5.89. The lowest BCUT2D eigenvalue weighted by Crippen LogP contribution is -2.40. The van der Waals surface area contributed by atoms with Gasteiger partial charge in [0.1, 0.15) is 11.6 Å². The molecule has 0 radical (unpaired) electrons. The molecule has 0 heterocycles. The Balaban J connectivity index is 1.88. The van der Waals surface area contributed by atoms with E-state index >= 15 is 0 Å². The van der Waals surface area contributed by atoms with Crippen LogP contribution in [-0.4, -0.2) is 18.9 Å². The zero-order valence-corrected chi connectivity index (χ0v) is 13.5. The van der Waals surface area contributed by atoms with E-state index < -0.39 is 17.6 Å². The highest BCUT2D eigenvalue weighted by molar-refractivity contribution is 6.35. The Morgan fingerprint density at radius 1 is 1.08 bits per heavy atom. The Hall–Kier alpha value is -2.89. The Morgan fingerprint density at radius 2 is 1.75 bits per heavy atom. The molecule has 2 aromatic carbocycles. The fraction of sp³-hybridized carbons (Fsp3) is 0.222. The lowest BCUT2D eigenvalue weighted by Gasteiger charge is -2.14. The highest BCUT2D eigenvalue weighted by atomic mass is 19.1. The first-order valence-corrected chi connectivity index (χ1v) is 7.47. The smallest absolute Gasteiger partial charge is 0.309 e. The molecular formula is C18H19FN2O3. The van der Waals surface area contributed by atoms with Gasteiger partial charge in [-0.2, -0.15) is 0 Å². The van der Waals surface area contributed by atoms with Gasteiger partial charge in [0.05, 0.1) is 13.2 Å². The molecule has 0 saturated carbocycles. The first-order chi connectivity index (χ1) is 11.5. The number of halogens is 1. The normalized spacial score (nSPS) is 11.5. The van der Waals surface area contributed by atoms with Gasteiger partial charge in [-0.1, -0.05) is 30.3 Å². The quantitative estimate of drug-likeness (QED) is 0.827. The van der Waals surface area contributed by atoms with Crippen molar-refractivity contribution in [3.8, 4) is 5.75 Å². The molecule has 0 aliphatic rings. The summed E-state index contributed by atoms with van der Waals surface area (Å²) in [4.78, 5) is 23.7. The van der Waals surface area contributed by atoms with Gasteiger partial charge < -0.3 is 15.4 Å². The van der Waals surface area contributed by atoms with Gasteiger partial charge in [0.2, 0.25) is 0 Å². The van der Waals surface area contributed by atoms with Gasteiger partial charge in [0, 0.05) is 12.1 Å². The molecule has 2 amide bonds. The summed E-state index contributed by atoms with van der Waals surface area (Å²) in [6, 6.07) is 12.9. The third-order valence-corrected chi connectivity index (χ3v) is 3.57. The molecule has 0 spiro atoms. The molecule has 0 saturated heterocycles. The molecule has 2 N–H and O–H groups in total. The van der Waals surface area contributed by atoms with Crippen LogP contribution in [0.2, 0.25) is 0 Å². The van der Waals surface area contributed by atoms with Crippen LogP contribution in [0.25, 0.3) is 0 Å². The lowest BCUT2D eigenvalue weighted by atomic mass is 10.1. The number of hydrogen-bond donors (Lipinski definition) is 2. The van der Waals surface area contributed by atoms with E-state index in [1.54, 1.807) is 56.5 Å². The van der Waals surface area contributed by atoms with Crippen molar-refractivity contribution in [3.63, 3.8) is 0 Å². The summed E-state index contributed by atoms with van der Waals surface area (Å²) in [6.07, 6.45) is 0. The molecule has 2 rings (SSSR count). The number of hydrogen-bond acceptors (Lipinski definition) is 3. The van der Waals surface area contributed by atoms with Crippen molar-refractivity contribution in [1.29, 1.82) is 0 Å². The van der Waals surface area contributed by atoms with Crippen molar-refractivity contribution >= 4 is 11.8 Å². The highest BCUT2D eigenvalue weighted by Crippen LogP contribution is 2.17. The number of ether oxygens (including phenoxy) is 1. The van der Waals surface area contributed by atoms with E-state index in [2.05, 4.69) is 10.6 Å². The number of amides is 2. The Bertz CT molecular complexity index is 716.